The van der Waals surface area contributed by atoms with Crippen molar-refractivity contribution in [3.63, 3.8) is 0 Å². The Labute approximate surface area is 86.7 Å². The average molecular weight is 218 g/mol. The molecule has 0 bridgehead atoms. The molecule has 0 aromatic carbocycles. The highest BCUT2D eigenvalue weighted by atomic mass is 35.5. The summed E-state index contributed by atoms with van der Waals surface area (Å²) in [6.45, 7) is 5.55. The lowest BCUT2D eigenvalue weighted by Crippen LogP contribution is -2.54. The quantitative estimate of drug-likeness (QED) is 0.839. The lowest BCUT2D eigenvalue weighted by Gasteiger charge is -2.38. The van der Waals surface area contributed by atoms with Crippen LogP contribution in [-0.4, -0.2) is 35.6 Å². The van der Waals surface area contributed by atoms with Crippen molar-refractivity contribution < 1.29 is 0 Å². The second kappa shape index (κ2) is 3.82. The van der Waals surface area contributed by atoms with Gasteiger partial charge in [-0.1, -0.05) is 18.5 Å². The minimum atomic E-state index is 0.558. The van der Waals surface area contributed by atoms with E-state index in [1.54, 1.807) is 11.3 Å². The molecule has 0 spiro atoms. The number of likely N-dealkylation sites (tertiary alicyclic amines) is 1. The third-order valence-electron chi connectivity index (χ3n) is 2.21. The monoisotopic (exact) mass is 217 g/mol. The van der Waals surface area contributed by atoms with Crippen LogP contribution in [0.3, 0.4) is 0 Å². The molecular formula is C8H12ClN3S. The van der Waals surface area contributed by atoms with Crippen LogP contribution >= 0.6 is 22.9 Å². The van der Waals surface area contributed by atoms with Crippen molar-refractivity contribution in [2.24, 2.45) is 0 Å². The van der Waals surface area contributed by atoms with Gasteiger partial charge in [0.1, 0.15) is 5.15 Å². The summed E-state index contributed by atoms with van der Waals surface area (Å²) in [6.07, 6.45) is 0. The Morgan fingerprint density at radius 1 is 1.77 bits per heavy atom. The molecule has 1 aliphatic heterocycles. The number of thiazole rings is 1. The third-order valence-corrected chi connectivity index (χ3v) is 3.30. The number of halogens is 1. The molecule has 2 rings (SSSR count). The van der Waals surface area contributed by atoms with Crippen molar-refractivity contribution >= 4 is 28.1 Å². The largest absolute Gasteiger partial charge is 0.356 e. The van der Waals surface area contributed by atoms with Gasteiger partial charge in [0, 0.05) is 18.5 Å². The van der Waals surface area contributed by atoms with Crippen LogP contribution in [0.25, 0.3) is 0 Å². The molecule has 1 aromatic heterocycles. The first kappa shape index (κ1) is 9.24. The summed E-state index contributed by atoms with van der Waals surface area (Å²) >= 11 is 7.27. The maximum Gasteiger partial charge on any atom is 0.184 e. The first-order chi connectivity index (χ1) is 6.28. The zero-order valence-corrected chi connectivity index (χ0v) is 9.03. The van der Waals surface area contributed by atoms with Crippen molar-refractivity contribution in [3.05, 3.63) is 10.5 Å². The smallest absolute Gasteiger partial charge is 0.184 e. The summed E-state index contributed by atoms with van der Waals surface area (Å²) in [7, 11) is 0. The number of aromatic nitrogens is 1. The van der Waals surface area contributed by atoms with Gasteiger partial charge in [0.25, 0.3) is 0 Å². The molecule has 3 nitrogen and oxygen atoms in total. The Balaban J connectivity index is 1.81. The molecule has 5 heteroatoms. The minimum absolute atomic E-state index is 0.558. The molecular weight excluding hydrogens is 206 g/mol. The van der Waals surface area contributed by atoms with E-state index < -0.39 is 0 Å². The van der Waals surface area contributed by atoms with Crippen molar-refractivity contribution in [1.82, 2.24) is 9.88 Å². The van der Waals surface area contributed by atoms with Gasteiger partial charge in [0.2, 0.25) is 0 Å². The second-order valence-electron chi connectivity index (χ2n) is 3.17. The first-order valence-electron chi connectivity index (χ1n) is 4.38. The van der Waals surface area contributed by atoms with Gasteiger partial charge in [-0.25, -0.2) is 4.98 Å². The van der Waals surface area contributed by atoms with Gasteiger partial charge in [-0.15, -0.1) is 11.3 Å². The molecule has 1 saturated heterocycles. The SMILES string of the molecule is CCN1CC(Nc2nc(Cl)cs2)C1. The summed E-state index contributed by atoms with van der Waals surface area (Å²) in [5, 5.41) is 6.71. The van der Waals surface area contributed by atoms with Gasteiger partial charge in [0.15, 0.2) is 5.13 Å². The topological polar surface area (TPSA) is 28.2 Å². The van der Waals surface area contributed by atoms with Crippen molar-refractivity contribution in [2.45, 2.75) is 13.0 Å². The maximum atomic E-state index is 5.71. The standard InChI is InChI=1S/C8H12ClN3S/c1-2-12-3-6(4-12)10-8-11-7(9)5-13-8/h5-6H,2-4H2,1H3,(H,10,11). The molecule has 1 aromatic rings. The zero-order chi connectivity index (χ0) is 9.26. The normalized spacial score (nSPS) is 18.6. The van der Waals surface area contributed by atoms with E-state index in [0.29, 0.717) is 11.2 Å². The van der Waals surface area contributed by atoms with Gasteiger partial charge < -0.3 is 5.32 Å². The van der Waals surface area contributed by atoms with Crippen LogP contribution in [0, 0.1) is 0 Å². The van der Waals surface area contributed by atoms with Gasteiger partial charge >= 0.3 is 0 Å². The van der Waals surface area contributed by atoms with Crippen LogP contribution in [0.2, 0.25) is 5.15 Å². The number of hydrogen-bond donors (Lipinski definition) is 1. The number of nitrogens with one attached hydrogen (secondary N) is 1. The molecule has 2 heterocycles. The zero-order valence-electron chi connectivity index (χ0n) is 7.46. The van der Waals surface area contributed by atoms with Crippen LogP contribution in [-0.2, 0) is 0 Å². The fraction of sp³-hybridized carbons (Fsp3) is 0.625. The summed E-state index contributed by atoms with van der Waals surface area (Å²) in [6, 6.07) is 0.558. The molecule has 0 saturated carbocycles. The number of hydrogen-bond acceptors (Lipinski definition) is 4. The van der Waals surface area contributed by atoms with E-state index in [-0.39, 0.29) is 0 Å². The van der Waals surface area contributed by atoms with E-state index in [0.717, 1.165) is 24.8 Å². The Kier molecular flexibility index (Phi) is 2.71. The number of likely N-dealkylation sites (N-methyl/N-ethyl adjacent to an activating group) is 1. The van der Waals surface area contributed by atoms with Crippen LogP contribution in [0.4, 0.5) is 5.13 Å². The van der Waals surface area contributed by atoms with Crippen LogP contribution in [0.15, 0.2) is 5.38 Å². The number of rotatable bonds is 3. The summed E-state index contributed by atoms with van der Waals surface area (Å²) in [5.41, 5.74) is 0. The van der Waals surface area contributed by atoms with Crippen molar-refractivity contribution in [2.75, 3.05) is 25.0 Å². The van der Waals surface area contributed by atoms with Crippen molar-refractivity contribution in [3.8, 4) is 0 Å². The Morgan fingerprint density at radius 2 is 2.54 bits per heavy atom. The summed E-state index contributed by atoms with van der Waals surface area (Å²) in [5.74, 6) is 0. The fourth-order valence-corrected chi connectivity index (χ4v) is 2.33. The Hall–Kier alpha value is -0.320. The van der Waals surface area contributed by atoms with Crippen LogP contribution < -0.4 is 5.32 Å². The lowest BCUT2D eigenvalue weighted by atomic mass is 10.1. The maximum absolute atomic E-state index is 5.71. The van der Waals surface area contributed by atoms with E-state index in [1.165, 1.54) is 0 Å². The highest BCUT2D eigenvalue weighted by molar-refractivity contribution is 7.14. The van der Waals surface area contributed by atoms with E-state index in [9.17, 15) is 0 Å². The predicted molar refractivity (Wildman–Crippen MR) is 56.6 cm³/mol. The molecule has 1 fully saturated rings. The van der Waals surface area contributed by atoms with E-state index >= 15 is 0 Å². The molecule has 13 heavy (non-hydrogen) atoms. The van der Waals surface area contributed by atoms with Gasteiger partial charge in [-0.3, -0.25) is 4.90 Å². The molecule has 0 amide bonds. The third kappa shape index (κ3) is 2.13. The van der Waals surface area contributed by atoms with Gasteiger partial charge in [0.05, 0.1) is 6.04 Å². The lowest BCUT2D eigenvalue weighted by molar-refractivity contribution is 0.171. The van der Waals surface area contributed by atoms with Gasteiger partial charge in [-0.05, 0) is 6.54 Å². The summed E-state index contributed by atoms with van der Waals surface area (Å²) in [4.78, 5) is 6.52. The first-order valence-corrected chi connectivity index (χ1v) is 5.63. The molecule has 1 N–H and O–H groups in total. The van der Waals surface area contributed by atoms with Crippen molar-refractivity contribution in [1.29, 1.82) is 0 Å². The average Bonchev–Trinajstić information content (AvgIpc) is 2.43. The number of anilines is 1. The molecule has 0 radical (unpaired) electrons. The molecule has 1 aliphatic rings. The Morgan fingerprint density at radius 3 is 3.08 bits per heavy atom. The highest BCUT2D eigenvalue weighted by Crippen LogP contribution is 2.21. The molecule has 0 atom stereocenters. The van der Waals surface area contributed by atoms with E-state index in [1.807, 2.05) is 5.38 Å². The minimum Gasteiger partial charge on any atom is -0.356 e. The Bertz CT molecular complexity index is 283. The highest BCUT2D eigenvalue weighted by Gasteiger charge is 2.25. The van der Waals surface area contributed by atoms with E-state index in [4.69, 9.17) is 11.6 Å². The second-order valence-corrected chi connectivity index (χ2v) is 4.41. The molecule has 72 valence electrons. The van der Waals surface area contributed by atoms with Gasteiger partial charge in [-0.2, -0.15) is 0 Å². The predicted octanol–water partition coefficient (Wildman–Crippen LogP) is 1.91. The summed E-state index contributed by atoms with van der Waals surface area (Å²) < 4.78 is 0. The van der Waals surface area contributed by atoms with Crippen LogP contribution in [0.1, 0.15) is 6.92 Å². The fourth-order valence-electron chi connectivity index (χ4n) is 1.41. The molecule has 0 aliphatic carbocycles. The van der Waals surface area contributed by atoms with E-state index in [2.05, 4.69) is 22.1 Å². The number of nitrogens with zero attached hydrogens (tertiary/aromatic N) is 2. The van der Waals surface area contributed by atoms with Crippen LogP contribution in [0.5, 0.6) is 0 Å². The molecule has 0 unspecified atom stereocenters.